The standard InChI is InChI=1S/C27H20O2/c28-26(21-12-6-2-7-13-21)19-24-18-23(20-10-4-1-5-11-20)16-17-25(24)27(29)22-14-8-3-9-15-22/h1-18H,19H2. The largest absolute Gasteiger partial charge is 0.294 e. The van der Waals surface area contributed by atoms with E-state index < -0.39 is 0 Å². The molecule has 0 unspecified atom stereocenters. The highest BCUT2D eigenvalue weighted by Gasteiger charge is 2.17. The third-order valence-corrected chi connectivity index (χ3v) is 4.94. The first-order chi connectivity index (χ1) is 14.2. The fraction of sp³-hybridized carbons (Fsp3) is 0.0370. The topological polar surface area (TPSA) is 34.1 Å². The fourth-order valence-electron chi connectivity index (χ4n) is 3.42. The van der Waals surface area contributed by atoms with Gasteiger partial charge < -0.3 is 0 Å². The van der Waals surface area contributed by atoms with Crippen LogP contribution in [0.25, 0.3) is 11.1 Å². The molecule has 29 heavy (non-hydrogen) atoms. The third kappa shape index (κ3) is 4.22. The SMILES string of the molecule is O=C(Cc1cc(-c2ccccc2)ccc1C(=O)c1ccccc1)c1ccccc1. The van der Waals surface area contributed by atoms with Gasteiger partial charge in [-0.2, -0.15) is 0 Å². The quantitative estimate of drug-likeness (QED) is 0.386. The maximum Gasteiger partial charge on any atom is 0.193 e. The highest BCUT2D eigenvalue weighted by molar-refractivity contribution is 6.11. The number of ketones is 2. The van der Waals surface area contributed by atoms with Gasteiger partial charge in [-0.05, 0) is 22.8 Å². The van der Waals surface area contributed by atoms with E-state index in [2.05, 4.69) is 0 Å². The second-order valence-corrected chi connectivity index (χ2v) is 6.90. The highest BCUT2D eigenvalue weighted by atomic mass is 16.1. The van der Waals surface area contributed by atoms with Crippen LogP contribution in [0.1, 0.15) is 31.8 Å². The van der Waals surface area contributed by atoms with Crippen LogP contribution in [-0.4, -0.2) is 11.6 Å². The lowest BCUT2D eigenvalue weighted by atomic mass is 9.91. The summed E-state index contributed by atoms with van der Waals surface area (Å²) in [7, 11) is 0. The zero-order valence-electron chi connectivity index (χ0n) is 15.9. The zero-order chi connectivity index (χ0) is 20.1. The molecule has 0 saturated heterocycles. The monoisotopic (exact) mass is 376 g/mol. The van der Waals surface area contributed by atoms with Crippen LogP contribution in [0.2, 0.25) is 0 Å². The maximum atomic E-state index is 13.1. The molecule has 0 atom stereocenters. The number of hydrogen-bond donors (Lipinski definition) is 0. The molecule has 0 aliphatic heterocycles. The second-order valence-electron chi connectivity index (χ2n) is 6.90. The van der Waals surface area contributed by atoms with Crippen LogP contribution in [0.3, 0.4) is 0 Å². The van der Waals surface area contributed by atoms with Crippen molar-refractivity contribution in [2.75, 3.05) is 0 Å². The molecule has 0 radical (unpaired) electrons. The van der Waals surface area contributed by atoms with Crippen molar-refractivity contribution < 1.29 is 9.59 Å². The molecule has 0 saturated carbocycles. The van der Waals surface area contributed by atoms with Crippen molar-refractivity contribution >= 4 is 11.6 Å². The van der Waals surface area contributed by atoms with Crippen molar-refractivity contribution in [3.8, 4) is 11.1 Å². The van der Waals surface area contributed by atoms with E-state index in [1.165, 1.54) is 0 Å². The molecular weight excluding hydrogens is 356 g/mol. The predicted molar refractivity (Wildman–Crippen MR) is 116 cm³/mol. The van der Waals surface area contributed by atoms with E-state index in [9.17, 15) is 9.59 Å². The van der Waals surface area contributed by atoms with Crippen molar-refractivity contribution in [2.24, 2.45) is 0 Å². The molecule has 0 aliphatic rings. The molecule has 0 fully saturated rings. The summed E-state index contributed by atoms with van der Waals surface area (Å²) in [5.74, 6) is -0.0704. The average molecular weight is 376 g/mol. The van der Waals surface area contributed by atoms with Gasteiger partial charge in [0.15, 0.2) is 11.6 Å². The van der Waals surface area contributed by atoms with Crippen molar-refractivity contribution in [2.45, 2.75) is 6.42 Å². The van der Waals surface area contributed by atoms with Crippen LogP contribution < -0.4 is 0 Å². The molecule has 0 N–H and O–H groups in total. The Labute approximate surface area is 170 Å². The molecule has 4 rings (SSSR count). The van der Waals surface area contributed by atoms with E-state index in [-0.39, 0.29) is 18.0 Å². The summed E-state index contributed by atoms with van der Waals surface area (Å²) in [6.07, 6.45) is 0.179. The molecule has 0 aromatic heterocycles. The maximum absolute atomic E-state index is 13.1. The van der Waals surface area contributed by atoms with Gasteiger partial charge in [0.05, 0.1) is 0 Å². The second kappa shape index (κ2) is 8.49. The van der Waals surface area contributed by atoms with Gasteiger partial charge in [0, 0.05) is 23.1 Å². The van der Waals surface area contributed by atoms with E-state index in [1.54, 1.807) is 12.1 Å². The van der Waals surface area contributed by atoms with E-state index in [0.717, 1.165) is 16.7 Å². The van der Waals surface area contributed by atoms with Gasteiger partial charge in [-0.3, -0.25) is 9.59 Å². The van der Waals surface area contributed by atoms with Crippen LogP contribution in [0.5, 0.6) is 0 Å². The molecular formula is C27H20O2. The fourth-order valence-corrected chi connectivity index (χ4v) is 3.42. The first-order valence-corrected chi connectivity index (χ1v) is 9.59. The smallest absolute Gasteiger partial charge is 0.193 e. The molecule has 140 valence electrons. The van der Waals surface area contributed by atoms with Crippen LogP contribution in [0.4, 0.5) is 0 Å². The minimum atomic E-state index is -0.0685. The van der Waals surface area contributed by atoms with Gasteiger partial charge in [0.2, 0.25) is 0 Å². The number of carbonyl (C=O) groups excluding carboxylic acids is 2. The zero-order valence-corrected chi connectivity index (χ0v) is 15.9. The predicted octanol–water partition coefficient (Wildman–Crippen LogP) is 6.01. The highest BCUT2D eigenvalue weighted by Crippen LogP contribution is 2.25. The van der Waals surface area contributed by atoms with Gasteiger partial charge in [0.1, 0.15) is 0 Å². The molecule has 2 heteroatoms. The summed E-state index contributed by atoms with van der Waals surface area (Å²) in [4.78, 5) is 26.0. The van der Waals surface area contributed by atoms with Gasteiger partial charge in [-0.15, -0.1) is 0 Å². The van der Waals surface area contributed by atoms with Gasteiger partial charge in [-0.1, -0.05) is 103 Å². The first-order valence-electron chi connectivity index (χ1n) is 9.59. The molecule has 0 amide bonds. The number of rotatable bonds is 6. The summed E-state index contributed by atoms with van der Waals surface area (Å²) in [6.45, 7) is 0. The van der Waals surface area contributed by atoms with E-state index >= 15 is 0 Å². The Kier molecular flexibility index (Phi) is 5.44. The lowest BCUT2D eigenvalue weighted by Gasteiger charge is -2.12. The van der Waals surface area contributed by atoms with Gasteiger partial charge in [0.25, 0.3) is 0 Å². The van der Waals surface area contributed by atoms with E-state index in [1.807, 2.05) is 97.1 Å². The molecule has 4 aromatic rings. The van der Waals surface area contributed by atoms with Gasteiger partial charge in [-0.25, -0.2) is 0 Å². The lowest BCUT2D eigenvalue weighted by Crippen LogP contribution is -2.10. The van der Waals surface area contributed by atoms with Gasteiger partial charge >= 0.3 is 0 Å². The lowest BCUT2D eigenvalue weighted by molar-refractivity contribution is 0.0992. The van der Waals surface area contributed by atoms with Crippen LogP contribution in [-0.2, 0) is 6.42 Å². The minimum Gasteiger partial charge on any atom is -0.294 e. The first kappa shape index (κ1) is 18.6. The summed E-state index contributed by atoms with van der Waals surface area (Å²) in [5.41, 5.74) is 4.63. The summed E-state index contributed by atoms with van der Waals surface area (Å²) in [5, 5.41) is 0. The number of Topliss-reactive ketones (excluding diaryl/α,β-unsaturated/α-hetero) is 1. The summed E-state index contributed by atoms with van der Waals surface area (Å²) >= 11 is 0. The Morgan fingerprint density at radius 2 is 1.10 bits per heavy atom. The van der Waals surface area contributed by atoms with Crippen molar-refractivity contribution in [3.63, 3.8) is 0 Å². The molecule has 2 nitrogen and oxygen atoms in total. The molecule has 0 spiro atoms. The molecule has 0 heterocycles. The summed E-state index contributed by atoms with van der Waals surface area (Å²) in [6, 6.07) is 34.1. The van der Waals surface area contributed by atoms with Crippen LogP contribution >= 0.6 is 0 Å². The number of hydrogen-bond acceptors (Lipinski definition) is 2. The van der Waals surface area contributed by atoms with E-state index in [4.69, 9.17) is 0 Å². The molecule has 0 bridgehead atoms. The van der Waals surface area contributed by atoms with Crippen molar-refractivity contribution in [1.29, 1.82) is 0 Å². The van der Waals surface area contributed by atoms with Crippen LogP contribution in [0, 0.1) is 0 Å². The van der Waals surface area contributed by atoms with Crippen LogP contribution in [0.15, 0.2) is 109 Å². The Morgan fingerprint density at radius 1 is 0.552 bits per heavy atom. The van der Waals surface area contributed by atoms with E-state index in [0.29, 0.717) is 16.7 Å². The number of benzene rings is 4. The minimum absolute atomic E-state index is 0.00192. The Bertz CT molecular complexity index is 1130. The average Bonchev–Trinajstić information content (AvgIpc) is 2.80. The summed E-state index contributed by atoms with van der Waals surface area (Å²) < 4.78 is 0. The van der Waals surface area contributed by atoms with Crippen molar-refractivity contribution in [1.82, 2.24) is 0 Å². The third-order valence-electron chi connectivity index (χ3n) is 4.94. The Morgan fingerprint density at radius 3 is 1.72 bits per heavy atom. The Hall–Kier alpha value is -3.78. The molecule has 0 aliphatic carbocycles. The Balaban J connectivity index is 1.76. The normalized spacial score (nSPS) is 10.5. The number of carbonyl (C=O) groups is 2. The van der Waals surface area contributed by atoms with Crippen molar-refractivity contribution in [3.05, 3.63) is 131 Å². The molecule has 4 aromatic carbocycles.